The van der Waals surface area contributed by atoms with Crippen molar-refractivity contribution in [3.63, 3.8) is 0 Å². The third kappa shape index (κ3) is 3.21. The summed E-state index contributed by atoms with van der Waals surface area (Å²) >= 11 is 0. The maximum atomic E-state index is 12.7. The Morgan fingerprint density at radius 1 is 1.38 bits per heavy atom. The number of anilines is 1. The Balaban J connectivity index is 1.72. The van der Waals surface area contributed by atoms with Crippen molar-refractivity contribution in [1.29, 1.82) is 0 Å². The molecule has 21 heavy (non-hydrogen) atoms. The number of carbonyl (C=O) groups is 1. The first-order valence-electron chi connectivity index (χ1n) is 7.98. The topological polar surface area (TPSA) is 41.6 Å². The summed E-state index contributed by atoms with van der Waals surface area (Å²) in [5.41, 5.74) is 3.14. The van der Waals surface area contributed by atoms with Crippen molar-refractivity contribution in [2.45, 2.75) is 38.2 Å². The zero-order chi connectivity index (χ0) is 14.7. The van der Waals surface area contributed by atoms with Gasteiger partial charge in [0, 0.05) is 38.0 Å². The first-order chi connectivity index (χ1) is 10.3. The molecule has 1 amide bonds. The maximum absolute atomic E-state index is 12.7. The van der Waals surface area contributed by atoms with Gasteiger partial charge in [-0.3, -0.25) is 4.79 Å². The Morgan fingerprint density at radius 2 is 2.29 bits per heavy atom. The van der Waals surface area contributed by atoms with Crippen LogP contribution in [0.3, 0.4) is 0 Å². The number of fused-ring (bicyclic) bond motifs is 1. The van der Waals surface area contributed by atoms with Crippen molar-refractivity contribution in [3.8, 4) is 0 Å². The van der Waals surface area contributed by atoms with Crippen molar-refractivity contribution in [1.82, 2.24) is 4.90 Å². The molecule has 4 nitrogen and oxygen atoms in total. The number of likely N-dealkylation sites (N-methyl/N-ethyl adjacent to an activating group) is 1. The lowest BCUT2D eigenvalue weighted by Crippen LogP contribution is -2.37. The van der Waals surface area contributed by atoms with E-state index in [9.17, 15) is 4.79 Å². The zero-order valence-corrected chi connectivity index (χ0v) is 12.7. The molecule has 1 atom stereocenters. The Hall–Kier alpha value is -1.55. The molecule has 1 N–H and O–H groups in total. The SMILES string of the molecule is CN(CC1CCCCO1)C(=O)c1cccc2c1CCCN2. The minimum absolute atomic E-state index is 0.115. The average molecular weight is 288 g/mol. The van der Waals surface area contributed by atoms with Crippen molar-refractivity contribution >= 4 is 11.6 Å². The molecule has 0 spiro atoms. The van der Waals surface area contributed by atoms with Crippen LogP contribution in [-0.4, -0.2) is 43.7 Å². The van der Waals surface area contributed by atoms with Gasteiger partial charge in [0.15, 0.2) is 0 Å². The van der Waals surface area contributed by atoms with Crippen molar-refractivity contribution < 1.29 is 9.53 Å². The number of hydrogen-bond donors (Lipinski definition) is 1. The van der Waals surface area contributed by atoms with Gasteiger partial charge < -0.3 is 15.0 Å². The molecular weight excluding hydrogens is 264 g/mol. The molecule has 0 aromatic heterocycles. The van der Waals surface area contributed by atoms with Gasteiger partial charge in [0.05, 0.1) is 6.10 Å². The molecule has 0 saturated carbocycles. The van der Waals surface area contributed by atoms with Crippen LogP contribution in [0.1, 0.15) is 41.6 Å². The lowest BCUT2D eigenvalue weighted by Gasteiger charge is -2.28. The standard InChI is InChI=1S/C17H24N2O2/c1-19(12-13-6-2-3-11-21-13)17(20)15-7-4-9-16-14(15)8-5-10-18-16/h4,7,9,13,18H,2-3,5-6,8,10-12H2,1H3. The van der Waals surface area contributed by atoms with Crippen LogP contribution in [0.5, 0.6) is 0 Å². The largest absolute Gasteiger partial charge is 0.385 e. The van der Waals surface area contributed by atoms with E-state index >= 15 is 0 Å². The fraction of sp³-hybridized carbons (Fsp3) is 0.588. The molecular formula is C17H24N2O2. The van der Waals surface area contributed by atoms with E-state index < -0.39 is 0 Å². The molecule has 1 aromatic carbocycles. The molecule has 0 radical (unpaired) electrons. The van der Waals surface area contributed by atoms with Gasteiger partial charge in [0.2, 0.25) is 0 Å². The minimum Gasteiger partial charge on any atom is -0.385 e. The number of amides is 1. The second-order valence-electron chi connectivity index (χ2n) is 6.04. The quantitative estimate of drug-likeness (QED) is 0.930. The van der Waals surface area contributed by atoms with E-state index in [0.717, 1.165) is 50.1 Å². The van der Waals surface area contributed by atoms with E-state index in [4.69, 9.17) is 4.74 Å². The summed E-state index contributed by atoms with van der Waals surface area (Å²) in [6, 6.07) is 5.98. The van der Waals surface area contributed by atoms with Gasteiger partial charge in [-0.2, -0.15) is 0 Å². The van der Waals surface area contributed by atoms with Gasteiger partial charge in [-0.1, -0.05) is 6.07 Å². The molecule has 2 aliphatic heterocycles. The van der Waals surface area contributed by atoms with Crippen LogP contribution >= 0.6 is 0 Å². The maximum Gasteiger partial charge on any atom is 0.254 e. The van der Waals surface area contributed by atoms with Gasteiger partial charge in [-0.05, 0) is 49.8 Å². The second-order valence-corrected chi connectivity index (χ2v) is 6.04. The second kappa shape index (κ2) is 6.48. The summed E-state index contributed by atoms with van der Waals surface area (Å²) < 4.78 is 5.74. The normalized spacial score (nSPS) is 21.3. The first kappa shape index (κ1) is 14.4. The van der Waals surface area contributed by atoms with Crippen LogP contribution < -0.4 is 5.32 Å². The predicted octanol–water partition coefficient (Wildman–Crippen LogP) is 2.69. The fourth-order valence-corrected chi connectivity index (χ4v) is 3.26. The van der Waals surface area contributed by atoms with Crippen LogP contribution in [0.25, 0.3) is 0 Å². The Labute approximate surface area is 126 Å². The molecule has 2 heterocycles. The van der Waals surface area contributed by atoms with Crippen LogP contribution in [-0.2, 0) is 11.2 Å². The number of rotatable bonds is 3. The zero-order valence-electron chi connectivity index (χ0n) is 12.7. The van der Waals surface area contributed by atoms with Crippen molar-refractivity contribution in [2.24, 2.45) is 0 Å². The molecule has 3 rings (SSSR count). The van der Waals surface area contributed by atoms with Gasteiger partial charge in [0.25, 0.3) is 5.91 Å². The Bertz CT molecular complexity index is 510. The lowest BCUT2D eigenvalue weighted by atomic mass is 9.96. The van der Waals surface area contributed by atoms with Gasteiger partial charge in [-0.25, -0.2) is 0 Å². The van der Waals surface area contributed by atoms with Gasteiger partial charge >= 0.3 is 0 Å². The predicted molar refractivity (Wildman–Crippen MR) is 83.8 cm³/mol. The van der Waals surface area contributed by atoms with E-state index in [1.165, 1.54) is 12.0 Å². The Kier molecular flexibility index (Phi) is 4.44. The summed E-state index contributed by atoms with van der Waals surface area (Å²) in [6.45, 7) is 2.52. The van der Waals surface area contributed by atoms with Crippen molar-refractivity contribution in [3.05, 3.63) is 29.3 Å². The number of carbonyl (C=O) groups excluding carboxylic acids is 1. The van der Waals surface area contributed by atoms with Crippen LogP contribution in [0.4, 0.5) is 5.69 Å². The highest BCUT2D eigenvalue weighted by Crippen LogP contribution is 2.26. The van der Waals surface area contributed by atoms with E-state index in [1.54, 1.807) is 0 Å². The van der Waals surface area contributed by atoms with E-state index in [2.05, 4.69) is 11.4 Å². The highest BCUT2D eigenvalue weighted by atomic mass is 16.5. The number of benzene rings is 1. The summed E-state index contributed by atoms with van der Waals surface area (Å²) in [5, 5.41) is 3.38. The van der Waals surface area contributed by atoms with Crippen LogP contribution in [0, 0.1) is 0 Å². The van der Waals surface area contributed by atoms with Crippen molar-refractivity contribution in [2.75, 3.05) is 32.1 Å². The Morgan fingerprint density at radius 3 is 3.10 bits per heavy atom. The third-order valence-corrected chi connectivity index (χ3v) is 4.42. The number of hydrogen-bond acceptors (Lipinski definition) is 3. The molecule has 4 heteroatoms. The number of nitrogens with one attached hydrogen (secondary N) is 1. The third-order valence-electron chi connectivity index (χ3n) is 4.42. The molecule has 2 aliphatic rings. The smallest absolute Gasteiger partial charge is 0.254 e. The summed E-state index contributed by atoms with van der Waals surface area (Å²) in [6.07, 6.45) is 5.69. The van der Waals surface area contributed by atoms with Crippen LogP contribution in [0.15, 0.2) is 18.2 Å². The molecule has 114 valence electrons. The molecule has 1 unspecified atom stereocenters. The van der Waals surface area contributed by atoms with Gasteiger partial charge in [-0.15, -0.1) is 0 Å². The van der Waals surface area contributed by atoms with E-state index in [0.29, 0.717) is 6.54 Å². The average Bonchev–Trinajstić information content (AvgIpc) is 2.54. The summed E-state index contributed by atoms with van der Waals surface area (Å²) in [7, 11) is 1.88. The first-order valence-corrected chi connectivity index (χ1v) is 7.98. The summed E-state index contributed by atoms with van der Waals surface area (Å²) in [5.74, 6) is 0.115. The number of ether oxygens (including phenoxy) is 1. The minimum atomic E-state index is 0.115. The molecule has 1 fully saturated rings. The van der Waals surface area contributed by atoms with E-state index in [-0.39, 0.29) is 12.0 Å². The molecule has 0 aliphatic carbocycles. The fourth-order valence-electron chi connectivity index (χ4n) is 3.26. The summed E-state index contributed by atoms with van der Waals surface area (Å²) in [4.78, 5) is 14.6. The van der Waals surface area contributed by atoms with Crippen LogP contribution in [0.2, 0.25) is 0 Å². The molecule has 0 bridgehead atoms. The van der Waals surface area contributed by atoms with Gasteiger partial charge in [0.1, 0.15) is 0 Å². The van der Waals surface area contributed by atoms with E-state index in [1.807, 2.05) is 24.1 Å². The highest BCUT2D eigenvalue weighted by molar-refractivity contribution is 5.97. The molecule has 1 aromatic rings. The highest BCUT2D eigenvalue weighted by Gasteiger charge is 2.23. The lowest BCUT2D eigenvalue weighted by molar-refractivity contribution is -0.000207. The number of nitrogens with zero attached hydrogens (tertiary/aromatic N) is 1. The monoisotopic (exact) mass is 288 g/mol. The molecule has 1 saturated heterocycles.